The van der Waals surface area contributed by atoms with Crippen molar-refractivity contribution in [3.8, 4) is 22.6 Å². The zero-order valence-electron chi connectivity index (χ0n) is 22.0. The standard InChI is InChI=1S/C29H27F3N4O3/c1-29(2,3)14-21(32)28(37)36-24-12-19-22(13-26(24)39-5)33-15-34-27(19)35-23-10-16(6-9-25(23)38-4)18-8-7-17(30)11-20(18)31/h6-15H,1-5H3,(H,36,37)(H,33,34,35)/b21-14+. The Kier molecular flexibility index (Phi) is 7.75. The summed E-state index contributed by atoms with van der Waals surface area (Å²) in [5.74, 6) is -2.20. The Hall–Kier alpha value is -4.60. The number of anilines is 3. The van der Waals surface area contributed by atoms with Gasteiger partial charge in [0, 0.05) is 23.1 Å². The van der Waals surface area contributed by atoms with Crippen molar-refractivity contribution in [2.24, 2.45) is 5.41 Å². The van der Waals surface area contributed by atoms with Gasteiger partial charge in [0.05, 0.1) is 31.1 Å². The lowest BCUT2D eigenvalue weighted by molar-refractivity contribution is -0.114. The maximum Gasteiger partial charge on any atom is 0.284 e. The fraction of sp³-hybridized carbons (Fsp3) is 0.207. The molecule has 1 amide bonds. The molecule has 202 valence electrons. The number of hydrogen-bond acceptors (Lipinski definition) is 6. The van der Waals surface area contributed by atoms with Gasteiger partial charge in [-0.2, -0.15) is 0 Å². The molecule has 0 unspecified atom stereocenters. The molecule has 0 aliphatic heterocycles. The SMILES string of the molecule is COc1cc2ncnc(Nc3cc(-c4ccc(F)cc4F)ccc3OC)c2cc1NC(=O)/C(F)=C\C(C)(C)C. The van der Waals surface area contributed by atoms with Crippen LogP contribution in [0.3, 0.4) is 0 Å². The quantitative estimate of drug-likeness (QED) is 0.244. The van der Waals surface area contributed by atoms with E-state index in [-0.39, 0.29) is 17.0 Å². The fourth-order valence-corrected chi connectivity index (χ4v) is 3.90. The summed E-state index contributed by atoms with van der Waals surface area (Å²) >= 11 is 0. The highest BCUT2D eigenvalue weighted by molar-refractivity contribution is 6.05. The second-order valence-corrected chi connectivity index (χ2v) is 9.77. The summed E-state index contributed by atoms with van der Waals surface area (Å²) in [7, 11) is 2.90. The lowest BCUT2D eigenvalue weighted by atomic mass is 9.96. The molecule has 10 heteroatoms. The number of carbonyl (C=O) groups excluding carboxylic acids is 1. The van der Waals surface area contributed by atoms with Crippen LogP contribution in [0.25, 0.3) is 22.0 Å². The molecule has 0 atom stereocenters. The zero-order chi connectivity index (χ0) is 28.3. The molecule has 4 aromatic rings. The predicted octanol–water partition coefficient (Wildman–Crippen LogP) is 7.17. The Balaban J connectivity index is 1.76. The molecule has 4 rings (SSSR count). The lowest BCUT2D eigenvalue weighted by Crippen LogP contribution is -2.15. The molecule has 2 N–H and O–H groups in total. The van der Waals surface area contributed by atoms with E-state index < -0.39 is 28.8 Å². The number of methoxy groups -OCH3 is 2. The van der Waals surface area contributed by atoms with Crippen LogP contribution in [-0.4, -0.2) is 30.1 Å². The number of amides is 1. The Morgan fingerprint density at radius 3 is 2.33 bits per heavy atom. The van der Waals surface area contributed by atoms with Crippen molar-refractivity contribution in [2.45, 2.75) is 20.8 Å². The number of nitrogens with zero attached hydrogens (tertiary/aromatic N) is 2. The van der Waals surface area contributed by atoms with Crippen LogP contribution in [0, 0.1) is 17.0 Å². The highest BCUT2D eigenvalue weighted by atomic mass is 19.1. The summed E-state index contributed by atoms with van der Waals surface area (Å²) in [6.45, 7) is 5.33. The van der Waals surface area contributed by atoms with Crippen molar-refractivity contribution in [1.29, 1.82) is 0 Å². The van der Waals surface area contributed by atoms with E-state index in [2.05, 4.69) is 20.6 Å². The van der Waals surface area contributed by atoms with Crippen LogP contribution < -0.4 is 20.1 Å². The fourth-order valence-electron chi connectivity index (χ4n) is 3.90. The van der Waals surface area contributed by atoms with E-state index in [0.717, 1.165) is 6.07 Å². The van der Waals surface area contributed by atoms with Crippen molar-refractivity contribution in [1.82, 2.24) is 9.97 Å². The summed E-state index contributed by atoms with van der Waals surface area (Å²) in [6.07, 6.45) is 2.57. The second kappa shape index (κ2) is 11.0. The maximum absolute atomic E-state index is 14.5. The molecule has 0 saturated heterocycles. The topological polar surface area (TPSA) is 85.4 Å². The monoisotopic (exact) mass is 536 g/mol. The minimum absolute atomic E-state index is 0.203. The van der Waals surface area contributed by atoms with E-state index in [1.54, 1.807) is 51.1 Å². The van der Waals surface area contributed by atoms with Crippen LogP contribution in [0.4, 0.5) is 30.4 Å². The molecule has 1 heterocycles. The molecule has 39 heavy (non-hydrogen) atoms. The predicted molar refractivity (Wildman–Crippen MR) is 145 cm³/mol. The highest BCUT2D eigenvalue weighted by Crippen LogP contribution is 2.37. The summed E-state index contributed by atoms with van der Waals surface area (Å²) in [5, 5.41) is 6.19. The molecule has 0 bridgehead atoms. The van der Waals surface area contributed by atoms with E-state index >= 15 is 0 Å². The number of allylic oxidation sites excluding steroid dienone is 1. The van der Waals surface area contributed by atoms with Crippen molar-refractivity contribution < 1.29 is 27.4 Å². The largest absolute Gasteiger partial charge is 0.495 e. The summed E-state index contributed by atoms with van der Waals surface area (Å²) < 4.78 is 53.3. The van der Waals surface area contributed by atoms with Crippen LogP contribution >= 0.6 is 0 Å². The van der Waals surface area contributed by atoms with Gasteiger partial charge in [0.15, 0.2) is 5.83 Å². The summed E-state index contributed by atoms with van der Waals surface area (Å²) in [6, 6.07) is 11.4. The highest BCUT2D eigenvalue weighted by Gasteiger charge is 2.19. The van der Waals surface area contributed by atoms with Crippen molar-refractivity contribution >= 4 is 34.0 Å². The van der Waals surface area contributed by atoms with E-state index in [1.165, 1.54) is 38.8 Å². The molecule has 0 saturated carbocycles. The van der Waals surface area contributed by atoms with Crippen LogP contribution in [-0.2, 0) is 4.79 Å². The first-order valence-corrected chi connectivity index (χ1v) is 11.9. The van der Waals surface area contributed by atoms with Gasteiger partial charge in [0.1, 0.15) is 35.3 Å². The average molecular weight is 537 g/mol. The third kappa shape index (κ3) is 6.28. The minimum atomic E-state index is -0.929. The number of hydrogen-bond donors (Lipinski definition) is 2. The van der Waals surface area contributed by atoms with Crippen molar-refractivity contribution in [2.75, 3.05) is 24.9 Å². The number of ether oxygens (including phenoxy) is 2. The Morgan fingerprint density at radius 1 is 0.923 bits per heavy atom. The van der Waals surface area contributed by atoms with Gasteiger partial charge in [0.25, 0.3) is 5.91 Å². The van der Waals surface area contributed by atoms with Crippen LogP contribution in [0.5, 0.6) is 11.5 Å². The van der Waals surface area contributed by atoms with Crippen molar-refractivity contribution in [3.05, 3.63) is 78.4 Å². The first-order chi connectivity index (χ1) is 18.5. The Bertz CT molecular complexity index is 1580. The summed E-state index contributed by atoms with van der Waals surface area (Å²) in [5.41, 5.74) is 1.27. The van der Waals surface area contributed by atoms with Gasteiger partial charge in [0.2, 0.25) is 0 Å². The van der Waals surface area contributed by atoms with Gasteiger partial charge in [-0.1, -0.05) is 26.8 Å². The lowest BCUT2D eigenvalue weighted by Gasteiger charge is -2.16. The molecule has 0 radical (unpaired) electrons. The number of carbonyl (C=O) groups is 1. The smallest absolute Gasteiger partial charge is 0.284 e. The molecular formula is C29H27F3N4O3. The van der Waals surface area contributed by atoms with Gasteiger partial charge >= 0.3 is 0 Å². The molecule has 0 aliphatic rings. The van der Waals surface area contributed by atoms with Gasteiger partial charge in [-0.15, -0.1) is 0 Å². The third-order valence-corrected chi connectivity index (χ3v) is 5.68. The van der Waals surface area contributed by atoms with Crippen molar-refractivity contribution in [3.63, 3.8) is 0 Å². The maximum atomic E-state index is 14.5. The van der Waals surface area contributed by atoms with E-state index in [4.69, 9.17) is 9.47 Å². The first kappa shape index (κ1) is 27.4. The van der Waals surface area contributed by atoms with Gasteiger partial charge in [-0.3, -0.25) is 4.79 Å². The number of aromatic nitrogens is 2. The molecule has 0 aliphatic carbocycles. The number of benzene rings is 3. The molecule has 1 aromatic heterocycles. The van der Waals surface area contributed by atoms with Crippen LogP contribution in [0.1, 0.15) is 20.8 Å². The molecular weight excluding hydrogens is 509 g/mol. The van der Waals surface area contributed by atoms with Gasteiger partial charge in [-0.25, -0.2) is 23.1 Å². The molecule has 0 fully saturated rings. The number of fused-ring (bicyclic) bond motifs is 1. The van der Waals surface area contributed by atoms with Gasteiger partial charge in [-0.05, 0) is 47.4 Å². The third-order valence-electron chi connectivity index (χ3n) is 5.68. The molecule has 7 nitrogen and oxygen atoms in total. The minimum Gasteiger partial charge on any atom is -0.495 e. The van der Waals surface area contributed by atoms with Crippen LogP contribution in [0.15, 0.2) is 66.8 Å². The van der Waals surface area contributed by atoms with E-state index in [1.807, 2.05) is 0 Å². The Morgan fingerprint density at radius 2 is 1.67 bits per heavy atom. The Labute approximate surface area is 223 Å². The normalized spacial score (nSPS) is 11.8. The number of nitrogens with one attached hydrogen (secondary N) is 2. The number of rotatable bonds is 7. The summed E-state index contributed by atoms with van der Waals surface area (Å²) in [4.78, 5) is 21.2. The molecule has 3 aromatic carbocycles. The average Bonchev–Trinajstić information content (AvgIpc) is 2.87. The van der Waals surface area contributed by atoms with E-state index in [9.17, 15) is 18.0 Å². The van der Waals surface area contributed by atoms with Crippen LogP contribution in [0.2, 0.25) is 0 Å². The first-order valence-electron chi connectivity index (χ1n) is 11.9. The van der Waals surface area contributed by atoms with E-state index in [0.29, 0.717) is 33.7 Å². The number of halogens is 3. The van der Waals surface area contributed by atoms with Gasteiger partial charge < -0.3 is 20.1 Å². The zero-order valence-corrected chi connectivity index (χ0v) is 22.0. The second-order valence-electron chi connectivity index (χ2n) is 9.77. The molecule has 0 spiro atoms.